The number of nitrogens with zero attached hydrogens (tertiary/aromatic N) is 2. The second-order valence-electron chi connectivity index (χ2n) is 23.4. The fourth-order valence-corrected chi connectivity index (χ4v) is 15.2. The summed E-state index contributed by atoms with van der Waals surface area (Å²) in [5.74, 6) is -2.58. The number of amides is 4. The van der Waals surface area contributed by atoms with Crippen molar-refractivity contribution >= 4 is 102 Å². The van der Waals surface area contributed by atoms with Gasteiger partial charge in [0.25, 0.3) is 0 Å². The van der Waals surface area contributed by atoms with Gasteiger partial charge in [0, 0.05) is 37.6 Å². The zero-order chi connectivity index (χ0) is 56.9. The van der Waals surface area contributed by atoms with Crippen LogP contribution in [0.5, 0.6) is 11.5 Å². The van der Waals surface area contributed by atoms with Crippen molar-refractivity contribution in [3.8, 4) is 32.4 Å². The number of rotatable bonds is 14. The smallest absolute Gasteiger partial charge is 0.351 e. The molecular formula is C56H74Br2N4O12S2. The summed E-state index contributed by atoms with van der Waals surface area (Å²) >= 11 is 9.40. The molecule has 0 aliphatic heterocycles. The molecule has 3 N–H and O–H groups in total. The molecule has 76 heavy (non-hydrogen) atoms. The predicted molar refractivity (Wildman–Crippen MR) is 306 cm³/mol. The Hall–Kier alpha value is -5.18. The molecule has 0 saturated heterocycles. The van der Waals surface area contributed by atoms with E-state index in [1.165, 1.54) is 25.6 Å². The van der Waals surface area contributed by atoms with E-state index in [9.17, 15) is 28.8 Å². The fraction of sp³-hybridized carbons (Fsp3) is 0.536. The van der Waals surface area contributed by atoms with E-state index in [2.05, 4.69) is 97.9 Å². The maximum atomic E-state index is 13.3. The lowest BCUT2D eigenvalue weighted by molar-refractivity contribution is -0.157. The molecule has 6 rings (SSSR count). The van der Waals surface area contributed by atoms with E-state index >= 15 is 0 Å². The Morgan fingerprint density at radius 1 is 0.632 bits per heavy atom. The van der Waals surface area contributed by atoms with Crippen molar-refractivity contribution in [2.45, 2.75) is 132 Å². The second kappa shape index (κ2) is 24.7. The zero-order valence-electron chi connectivity index (χ0n) is 46.3. The number of benzene rings is 2. The number of carboxylic acids is 1. The number of nitrogens with one attached hydrogen (secondary N) is 2. The minimum absolute atomic E-state index is 0.00539. The molecule has 0 spiro atoms. The number of esters is 3. The Labute approximate surface area is 472 Å². The van der Waals surface area contributed by atoms with Crippen LogP contribution in [0, 0.1) is 21.7 Å². The highest BCUT2D eigenvalue weighted by molar-refractivity contribution is 9.11. The van der Waals surface area contributed by atoms with Crippen LogP contribution >= 0.6 is 54.5 Å². The van der Waals surface area contributed by atoms with Gasteiger partial charge in [-0.1, -0.05) is 79.7 Å². The fourth-order valence-electron chi connectivity index (χ4n) is 11.3. The van der Waals surface area contributed by atoms with Gasteiger partial charge in [0.2, 0.25) is 0 Å². The summed E-state index contributed by atoms with van der Waals surface area (Å²) in [5.41, 5.74) is 2.70. The Bertz CT molecular complexity index is 2760. The van der Waals surface area contributed by atoms with Crippen LogP contribution in [-0.2, 0) is 23.8 Å². The number of ether oxygens (including phenoxy) is 5. The number of carbonyl (C=O) groups is 6. The highest BCUT2D eigenvalue weighted by atomic mass is 79.9. The van der Waals surface area contributed by atoms with Crippen LogP contribution in [0.15, 0.2) is 57.5 Å². The Balaban J connectivity index is 0.000000282. The minimum Gasteiger partial charge on any atom is -0.479 e. The van der Waals surface area contributed by atoms with Crippen molar-refractivity contribution in [1.29, 1.82) is 0 Å². The van der Waals surface area contributed by atoms with E-state index in [4.69, 9.17) is 28.8 Å². The Kier molecular flexibility index (Phi) is 20.0. The SMILES string of the molecule is CNC(=O)N(c1cccc(-c2sc(C(=O)OC)c(OCC(=O)O)c2Br)c1)C1CC(C)(C)CC(C)(C)C1.CNC(=O)N(c1cccc(-c2sc(C(=O)OC)c(OCC(=O)OC(C)(C)C)c2Br)c1)C1CC(C)(C)CC(C)(C)C1. The number of anilines is 2. The molecule has 0 unspecified atom stereocenters. The average Bonchev–Trinajstić information content (AvgIpc) is 3.82. The van der Waals surface area contributed by atoms with E-state index in [1.807, 2.05) is 58.3 Å². The van der Waals surface area contributed by atoms with Crippen LogP contribution in [0.2, 0.25) is 0 Å². The molecule has 2 saturated carbocycles. The monoisotopic (exact) mass is 1220 g/mol. The third kappa shape index (κ3) is 15.7. The minimum atomic E-state index is -1.16. The molecule has 2 aliphatic carbocycles. The summed E-state index contributed by atoms with van der Waals surface area (Å²) < 4.78 is 27.4. The molecule has 2 aromatic carbocycles. The molecule has 4 aromatic rings. The second-order valence-corrected chi connectivity index (χ2v) is 27.1. The first-order valence-corrected chi connectivity index (χ1v) is 28.2. The van der Waals surface area contributed by atoms with Crippen LogP contribution < -0.4 is 29.9 Å². The largest absolute Gasteiger partial charge is 0.479 e. The lowest BCUT2D eigenvalue weighted by Crippen LogP contribution is -2.51. The number of aliphatic carboxylic acids is 1. The molecule has 16 nitrogen and oxygen atoms in total. The molecule has 0 atom stereocenters. The molecule has 2 aliphatic rings. The van der Waals surface area contributed by atoms with E-state index in [1.54, 1.807) is 34.9 Å². The molecule has 2 heterocycles. The van der Waals surface area contributed by atoms with Gasteiger partial charge >= 0.3 is 35.9 Å². The highest BCUT2D eigenvalue weighted by Crippen LogP contribution is 2.52. The first-order valence-electron chi connectivity index (χ1n) is 25.0. The van der Waals surface area contributed by atoms with Crippen LogP contribution in [0.3, 0.4) is 0 Å². The van der Waals surface area contributed by atoms with Crippen molar-refractivity contribution in [3.63, 3.8) is 0 Å². The van der Waals surface area contributed by atoms with Crippen molar-refractivity contribution in [2.75, 3.05) is 51.3 Å². The summed E-state index contributed by atoms with van der Waals surface area (Å²) in [7, 11) is 5.82. The summed E-state index contributed by atoms with van der Waals surface area (Å²) in [6, 6.07) is 14.9. The topological polar surface area (TPSA) is 199 Å². The number of halogens is 2. The molecule has 0 bridgehead atoms. The number of thiophene rings is 2. The van der Waals surface area contributed by atoms with E-state index in [0.717, 1.165) is 72.4 Å². The van der Waals surface area contributed by atoms with Gasteiger partial charge in [-0.25, -0.2) is 28.8 Å². The first-order chi connectivity index (χ1) is 35.2. The van der Waals surface area contributed by atoms with Crippen molar-refractivity contribution in [2.24, 2.45) is 21.7 Å². The number of carbonyl (C=O) groups excluding carboxylic acids is 5. The molecule has 0 radical (unpaired) electrons. The summed E-state index contributed by atoms with van der Waals surface area (Å²) in [6.07, 6.45) is 5.67. The third-order valence-corrected chi connectivity index (χ3v) is 17.3. The zero-order valence-corrected chi connectivity index (χ0v) is 51.1. The molecule has 20 heteroatoms. The van der Waals surface area contributed by atoms with E-state index < -0.39 is 36.1 Å². The van der Waals surface area contributed by atoms with Crippen molar-refractivity contribution < 1.29 is 57.6 Å². The van der Waals surface area contributed by atoms with E-state index in [-0.39, 0.29) is 73.7 Å². The predicted octanol–water partition coefficient (Wildman–Crippen LogP) is 13.6. The third-order valence-electron chi connectivity index (χ3n) is 12.9. The number of hydrogen-bond acceptors (Lipinski definition) is 13. The van der Waals surface area contributed by atoms with Crippen LogP contribution in [0.1, 0.15) is 134 Å². The van der Waals surface area contributed by atoms with Gasteiger partial charge in [-0.05, 0) is 148 Å². The molecule has 416 valence electrons. The standard InChI is InChI=1S/C30H41BrN2O6S.C26H33BrN2O6S/c1-28(2,3)39-21(34)16-38-23-22(31)24(40-25(23)26(35)37-9)18-11-10-12-19(13-18)33(27(36)32-8)20-14-29(4,5)17-30(6,7)15-20;1-25(2)11-17(12-26(3,4)14-25)29(24(33)28-5)16-9-7-8-15(10-16)21-19(27)20(35-13-18(30)31)22(36-21)23(32)34-6/h10-13,20H,14-17H2,1-9H3,(H,32,36);7-10,17H,11-14H2,1-6H3,(H,28,33)(H,30,31). The number of methoxy groups -OCH3 is 2. The number of carboxylic acid groups (broad SMARTS) is 1. The van der Waals surface area contributed by atoms with Gasteiger partial charge < -0.3 is 39.4 Å². The summed E-state index contributed by atoms with van der Waals surface area (Å²) in [5, 5.41) is 14.7. The van der Waals surface area contributed by atoms with Crippen LogP contribution in [0.4, 0.5) is 21.0 Å². The van der Waals surface area contributed by atoms with Gasteiger partial charge in [0.15, 0.2) is 34.5 Å². The number of hydrogen-bond donors (Lipinski definition) is 3. The molecule has 4 amide bonds. The Morgan fingerprint density at radius 2 is 0.987 bits per heavy atom. The van der Waals surface area contributed by atoms with E-state index in [0.29, 0.717) is 18.7 Å². The maximum Gasteiger partial charge on any atom is 0.351 e. The van der Waals surface area contributed by atoms with Gasteiger partial charge in [0.05, 0.1) is 32.9 Å². The maximum absolute atomic E-state index is 13.3. The number of urea groups is 2. The van der Waals surface area contributed by atoms with Gasteiger partial charge in [-0.15, -0.1) is 22.7 Å². The lowest BCUT2D eigenvalue weighted by atomic mass is 9.63. The Morgan fingerprint density at radius 3 is 1.30 bits per heavy atom. The average molecular weight is 1220 g/mol. The quantitative estimate of drug-likeness (QED) is 0.0798. The van der Waals surface area contributed by atoms with Crippen molar-refractivity contribution in [3.05, 3.63) is 67.2 Å². The first kappa shape index (κ1) is 61.7. The van der Waals surface area contributed by atoms with Gasteiger partial charge in [0.1, 0.15) is 5.60 Å². The van der Waals surface area contributed by atoms with Gasteiger partial charge in [-0.2, -0.15) is 0 Å². The van der Waals surface area contributed by atoms with Gasteiger partial charge in [-0.3, -0.25) is 9.80 Å². The van der Waals surface area contributed by atoms with Crippen LogP contribution in [-0.4, -0.2) is 100 Å². The van der Waals surface area contributed by atoms with Crippen molar-refractivity contribution in [1.82, 2.24) is 10.6 Å². The summed E-state index contributed by atoms with van der Waals surface area (Å²) in [4.78, 5) is 80.3. The molecule has 2 aromatic heterocycles. The lowest BCUT2D eigenvalue weighted by Gasteiger charge is -2.48. The molecular weight excluding hydrogens is 1140 g/mol. The normalized spacial score (nSPS) is 16.7. The highest BCUT2D eigenvalue weighted by Gasteiger charge is 2.44. The molecule has 2 fully saturated rings. The van der Waals surface area contributed by atoms with Crippen LogP contribution in [0.25, 0.3) is 20.9 Å². The summed E-state index contributed by atoms with van der Waals surface area (Å²) in [6.45, 7) is 22.4.